The minimum atomic E-state index is -1.03. The van der Waals surface area contributed by atoms with Gasteiger partial charge in [-0.1, -0.05) is 6.07 Å². The highest BCUT2D eigenvalue weighted by atomic mass is 19.2. The van der Waals surface area contributed by atoms with Crippen LogP contribution in [0.5, 0.6) is 0 Å². The van der Waals surface area contributed by atoms with Crippen LogP contribution < -0.4 is 10.6 Å². The van der Waals surface area contributed by atoms with E-state index in [0.29, 0.717) is 22.9 Å². The molecule has 0 aliphatic heterocycles. The van der Waals surface area contributed by atoms with Crippen molar-refractivity contribution in [2.24, 2.45) is 0 Å². The van der Waals surface area contributed by atoms with Gasteiger partial charge in [-0.05, 0) is 55.0 Å². The molecule has 0 saturated heterocycles. The number of amides is 1. The van der Waals surface area contributed by atoms with E-state index >= 15 is 0 Å². The van der Waals surface area contributed by atoms with Crippen LogP contribution in [0.1, 0.15) is 15.9 Å². The summed E-state index contributed by atoms with van der Waals surface area (Å²) in [6.07, 6.45) is 5.03. The highest BCUT2D eigenvalue weighted by Crippen LogP contribution is 2.23. The third-order valence-electron chi connectivity index (χ3n) is 4.54. The fourth-order valence-electron chi connectivity index (χ4n) is 2.89. The van der Waals surface area contributed by atoms with Crippen molar-refractivity contribution in [3.05, 3.63) is 95.9 Å². The van der Waals surface area contributed by atoms with Crippen molar-refractivity contribution in [3.8, 4) is 11.3 Å². The summed E-state index contributed by atoms with van der Waals surface area (Å²) in [5, 5.41) is 5.68. The highest BCUT2D eigenvalue weighted by Gasteiger charge is 2.12. The topological polar surface area (TPSA) is 79.8 Å². The molecule has 0 aliphatic rings. The van der Waals surface area contributed by atoms with Crippen LogP contribution in [0, 0.1) is 18.6 Å². The zero-order valence-corrected chi connectivity index (χ0v) is 16.4. The molecule has 2 heterocycles. The molecule has 2 N–H and O–H groups in total. The van der Waals surface area contributed by atoms with Gasteiger partial charge in [-0.2, -0.15) is 0 Å². The van der Waals surface area contributed by atoms with Crippen molar-refractivity contribution < 1.29 is 13.6 Å². The van der Waals surface area contributed by atoms with E-state index in [-0.39, 0.29) is 5.69 Å². The number of benzene rings is 2. The van der Waals surface area contributed by atoms with E-state index in [4.69, 9.17) is 0 Å². The van der Waals surface area contributed by atoms with Crippen LogP contribution in [0.2, 0.25) is 0 Å². The lowest BCUT2D eigenvalue weighted by Gasteiger charge is -2.12. The molecule has 1 amide bonds. The van der Waals surface area contributed by atoms with Crippen LogP contribution in [-0.4, -0.2) is 20.9 Å². The van der Waals surface area contributed by atoms with Crippen LogP contribution in [0.3, 0.4) is 0 Å². The number of carbonyl (C=O) groups is 1. The number of rotatable bonds is 5. The molecule has 154 valence electrons. The molecule has 0 saturated carbocycles. The van der Waals surface area contributed by atoms with Gasteiger partial charge in [-0.15, -0.1) is 0 Å². The highest BCUT2D eigenvalue weighted by molar-refractivity contribution is 6.05. The molecule has 2 aromatic carbocycles. The first-order valence-electron chi connectivity index (χ1n) is 9.37. The van der Waals surface area contributed by atoms with Crippen LogP contribution in [0.4, 0.5) is 26.1 Å². The second-order valence-electron chi connectivity index (χ2n) is 6.74. The minimum Gasteiger partial charge on any atom is -0.324 e. The van der Waals surface area contributed by atoms with Crippen molar-refractivity contribution >= 4 is 23.2 Å². The number of aryl methyl sites for hydroxylation is 1. The van der Waals surface area contributed by atoms with Gasteiger partial charge in [0.15, 0.2) is 11.6 Å². The van der Waals surface area contributed by atoms with Crippen molar-refractivity contribution in [2.75, 3.05) is 10.6 Å². The lowest BCUT2D eigenvalue weighted by Crippen LogP contribution is -2.13. The maximum Gasteiger partial charge on any atom is 0.255 e. The standard InChI is InChI=1S/C23H17F2N5O/c1-14-4-5-15(22(31)28-17-6-7-18(24)19(25)12-17)11-21(14)30-23-27-10-8-20(29-23)16-3-2-9-26-13-16/h2-13H,1H3,(H,28,31)(H,27,29,30). The Bertz CT molecular complexity index is 1250. The van der Waals surface area contributed by atoms with E-state index in [9.17, 15) is 13.6 Å². The molecule has 0 atom stereocenters. The SMILES string of the molecule is Cc1ccc(C(=O)Nc2ccc(F)c(F)c2)cc1Nc1nccc(-c2cccnc2)n1. The monoisotopic (exact) mass is 417 g/mol. The molecule has 0 aliphatic carbocycles. The minimum absolute atomic E-state index is 0.159. The average Bonchev–Trinajstić information content (AvgIpc) is 2.78. The van der Waals surface area contributed by atoms with Gasteiger partial charge in [0.05, 0.1) is 5.69 Å². The van der Waals surface area contributed by atoms with E-state index < -0.39 is 17.5 Å². The number of hydrogen-bond acceptors (Lipinski definition) is 5. The number of hydrogen-bond donors (Lipinski definition) is 2. The Balaban J connectivity index is 1.55. The third kappa shape index (κ3) is 4.69. The van der Waals surface area contributed by atoms with Crippen molar-refractivity contribution in [1.82, 2.24) is 15.0 Å². The second-order valence-corrected chi connectivity index (χ2v) is 6.74. The van der Waals surface area contributed by atoms with Crippen LogP contribution in [0.15, 0.2) is 73.2 Å². The molecule has 31 heavy (non-hydrogen) atoms. The summed E-state index contributed by atoms with van der Waals surface area (Å²) >= 11 is 0. The van der Waals surface area contributed by atoms with E-state index in [2.05, 4.69) is 25.6 Å². The molecule has 6 nitrogen and oxygen atoms in total. The smallest absolute Gasteiger partial charge is 0.255 e. The average molecular weight is 417 g/mol. The van der Waals surface area contributed by atoms with Crippen LogP contribution in [0.25, 0.3) is 11.3 Å². The second kappa shape index (κ2) is 8.66. The Morgan fingerprint density at radius 3 is 2.61 bits per heavy atom. The van der Waals surface area contributed by atoms with Crippen molar-refractivity contribution in [3.63, 3.8) is 0 Å². The number of carbonyl (C=O) groups excluding carboxylic acids is 1. The van der Waals surface area contributed by atoms with Crippen LogP contribution >= 0.6 is 0 Å². The molecular formula is C23H17F2N5O. The first-order chi connectivity index (χ1) is 15.0. The van der Waals surface area contributed by atoms with Gasteiger partial charge < -0.3 is 10.6 Å². The van der Waals surface area contributed by atoms with Crippen LogP contribution in [-0.2, 0) is 0 Å². The van der Waals surface area contributed by atoms with Crippen molar-refractivity contribution in [1.29, 1.82) is 0 Å². The number of halogens is 2. The van der Waals surface area contributed by atoms with Gasteiger partial charge in [-0.3, -0.25) is 9.78 Å². The zero-order valence-electron chi connectivity index (χ0n) is 16.4. The molecule has 4 aromatic rings. The largest absolute Gasteiger partial charge is 0.324 e. The summed E-state index contributed by atoms with van der Waals surface area (Å²) in [5.41, 5.74) is 3.56. The normalized spacial score (nSPS) is 10.5. The number of nitrogens with zero attached hydrogens (tertiary/aromatic N) is 3. The van der Waals surface area contributed by atoms with E-state index in [1.54, 1.807) is 42.9 Å². The summed E-state index contributed by atoms with van der Waals surface area (Å²) < 4.78 is 26.5. The maximum absolute atomic E-state index is 13.4. The summed E-state index contributed by atoms with van der Waals surface area (Å²) in [7, 11) is 0. The Labute approximate surface area is 177 Å². The fraction of sp³-hybridized carbons (Fsp3) is 0.0435. The first kappa shape index (κ1) is 20.1. The van der Waals surface area contributed by atoms with E-state index in [0.717, 1.165) is 23.3 Å². The summed E-state index contributed by atoms with van der Waals surface area (Å²) in [5.74, 6) is -2.11. The predicted octanol–water partition coefficient (Wildman–Crippen LogP) is 5.12. The molecule has 8 heteroatoms. The Hall–Kier alpha value is -4.20. The molecule has 0 unspecified atom stereocenters. The fourth-order valence-corrected chi connectivity index (χ4v) is 2.89. The molecule has 4 rings (SSSR count). The molecule has 2 aromatic heterocycles. The molecular weight excluding hydrogens is 400 g/mol. The van der Waals surface area contributed by atoms with E-state index in [1.807, 2.05) is 19.1 Å². The molecule has 0 bridgehead atoms. The third-order valence-corrected chi connectivity index (χ3v) is 4.54. The summed E-state index contributed by atoms with van der Waals surface area (Å²) in [4.78, 5) is 25.4. The number of nitrogens with one attached hydrogen (secondary N) is 2. The van der Waals surface area contributed by atoms with Gasteiger partial charge in [0.1, 0.15) is 0 Å². The number of pyridine rings is 1. The zero-order chi connectivity index (χ0) is 21.8. The Morgan fingerprint density at radius 2 is 1.84 bits per heavy atom. The van der Waals surface area contributed by atoms with Gasteiger partial charge in [-0.25, -0.2) is 18.7 Å². The maximum atomic E-state index is 13.4. The summed E-state index contributed by atoms with van der Waals surface area (Å²) in [6, 6.07) is 13.7. The molecule has 0 radical (unpaired) electrons. The Kier molecular flexibility index (Phi) is 5.61. The molecule has 0 spiro atoms. The van der Waals surface area contributed by atoms with E-state index in [1.165, 1.54) is 6.07 Å². The predicted molar refractivity (Wildman–Crippen MR) is 114 cm³/mol. The lowest BCUT2D eigenvalue weighted by atomic mass is 10.1. The Morgan fingerprint density at radius 1 is 0.968 bits per heavy atom. The number of aromatic nitrogens is 3. The van der Waals surface area contributed by atoms with Gasteiger partial charge in [0.2, 0.25) is 5.95 Å². The molecule has 0 fully saturated rings. The summed E-state index contributed by atoms with van der Waals surface area (Å²) in [6.45, 7) is 1.88. The van der Waals surface area contributed by atoms with Gasteiger partial charge in [0.25, 0.3) is 5.91 Å². The van der Waals surface area contributed by atoms with Crippen molar-refractivity contribution in [2.45, 2.75) is 6.92 Å². The van der Waals surface area contributed by atoms with Gasteiger partial charge >= 0.3 is 0 Å². The quantitative estimate of drug-likeness (QED) is 0.471. The number of anilines is 3. The first-order valence-corrected chi connectivity index (χ1v) is 9.37. The lowest BCUT2D eigenvalue weighted by molar-refractivity contribution is 0.102. The van der Waals surface area contributed by atoms with Gasteiger partial charge in [0, 0.05) is 47.2 Å².